The number of carbonyl (C=O) groups is 4. The van der Waals surface area contributed by atoms with Crippen molar-refractivity contribution in [3.63, 3.8) is 0 Å². The normalized spacial score (nSPS) is 23.9. The number of rotatable bonds is 9. The highest BCUT2D eigenvalue weighted by molar-refractivity contribution is 6.33. The van der Waals surface area contributed by atoms with Crippen LogP contribution in [0.3, 0.4) is 0 Å². The lowest BCUT2D eigenvalue weighted by Crippen LogP contribution is -2.53. The molecule has 2 N–H and O–H groups in total. The lowest BCUT2D eigenvalue weighted by molar-refractivity contribution is -0.139. The average molecular weight is 944 g/mol. The Morgan fingerprint density at radius 1 is 0.831 bits per heavy atom. The number of hydrogen-bond donors (Lipinski definition) is 2. The maximum absolute atomic E-state index is 15.4. The maximum atomic E-state index is 15.4. The number of alkyl halides is 3. The third-order valence-electron chi connectivity index (χ3n) is 12.9. The second-order valence-corrected chi connectivity index (χ2v) is 17.4. The van der Waals surface area contributed by atoms with E-state index in [1.54, 1.807) is 80.9 Å². The molecule has 4 amide bonds. The Morgan fingerprint density at radius 2 is 1.57 bits per heavy atom. The molecule has 3 heterocycles. The topological polar surface area (TPSA) is 138 Å². The summed E-state index contributed by atoms with van der Waals surface area (Å²) in [4.78, 5) is 64.6. The number of imide groups is 2. The maximum Gasteiger partial charge on any atom is 0.417 e. The second kappa shape index (κ2) is 16.6. The van der Waals surface area contributed by atoms with Crippen LogP contribution < -0.4 is 19.8 Å². The van der Waals surface area contributed by atoms with Gasteiger partial charge in [0.2, 0.25) is 11.8 Å². The summed E-state index contributed by atoms with van der Waals surface area (Å²) in [6.07, 6.45) is 1.32. The summed E-state index contributed by atoms with van der Waals surface area (Å²) in [6.45, 7) is 0. The summed E-state index contributed by atoms with van der Waals surface area (Å²) in [5, 5.41) is 11.1. The zero-order chi connectivity index (χ0) is 46.1. The smallest absolute Gasteiger partial charge is 0.417 e. The van der Waals surface area contributed by atoms with E-state index in [9.17, 15) is 32.7 Å². The van der Waals surface area contributed by atoms with E-state index in [0.29, 0.717) is 56.2 Å². The first-order valence-electron chi connectivity index (χ1n) is 20.3. The van der Waals surface area contributed by atoms with Gasteiger partial charge in [0.25, 0.3) is 11.8 Å². The lowest BCUT2D eigenvalue weighted by atomic mass is 9.49. The summed E-state index contributed by atoms with van der Waals surface area (Å²) >= 11 is 19.6. The zero-order valence-corrected chi connectivity index (χ0v) is 36.5. The second-order valence-electron chi connectivity index (χ2n) is 16.2. The standard InChI is InChI=1S/C48H36Cl3F3N4O7/c1-64-31-14-18-39(65-2)25(19-31)6-3-24-4-11-29(12-5-24)57-43(60)34-17-16-32-35(40(34)45(57)62)22-36-44(61)58(56-42-38(51)20-27(23-55-42)48(52,53)54)46(63)47(36,26-7-9-28(49)10-8-26)41(32)33-15-13-30(59)21-37(33)50/h3-16,18-21,23,34-36,40-41,59H,17,22H2,1-2H3,(H,55,56). The fourth-order valence-corrected chi connectivity index (χ4v) is 10.6. The minimum absolute atomic E-state index is 0.0549. The van der Waals surface area contributed by atoms with Gasteiger partial charge >= 0.3 is 6.18 Å². The molecule has 17 heteroatoms. The number of hydrazine groups is 1. The zero-order valence-electron chi connectivity index (χ0n) is 34.3. The molecule has 0 radical (unpaired) electrons. The summed E-state index contributed by atoms with van der Waals surface area (Å²) in [6, 6.07) is 23.5. The van der Waals surface area contributed by atoms with Crippen LogP contribution in [0.4, 0.5) is 24.7 Å². The highest BCUT2D eigenvalue weighted by Gasteiger charge is 2.70. The minimum Gasteiger partial charge on any atom is -0.508 e. The number of aromatic nitrogens is 1. The number of hydrogen-bond acceptors (Lipinski definition) is 9. The molecule has 4 aliphatic rings. The van der Waals surface area contributed by atoms with Gasteiger partial charge in [-0.1, -0.05) is 88.9 Å². The Kier molecular flexibility index (Phi) is 11.2. The molecule has 11 nitrogen and oxygen atoms in total. The van der Waals surface area contributed by atoms with Crippen molar-refractivity contribution < 1.29 is 46.9 Å². The molecule has 332 valence electrons. The average Bonchev–Trinajstić information content (AvgIpc) is 3.66. The molecule has 4 aromatic carbocycles. The molecule has 3 fully saturated rings. The van der Waals surface area contributed by atoms with Gasteiger partial charge in [-0.25, -0.2) is 4.98 Å². The van der Waals surface area contributed by atoms with E-state index in [1.165, 1.54) is 17.0 Å². The Labute approximate surface area is 385 Å². The fraction of sp³-hybridized carbons (Fsp3) is 0.229. The van der Waals surface area contributed by atoms with Gasteiger partial charge in [-0.3, -0.25) is 29.5 Å². The Balaban J connectivity index is 1.12. The summed E-state index contributed by atoms with van der Waals surface area (Å²) < 4.78 is 51.6. The number of methoxy groups -OCH3 is 2. The van der Waals surface area contributed by atoms with Crippen LogP contribution in [-0.4, -0.2) is 52.9 Å². The van der Waals surface area contributed by atoms with Crippen molar-refractivity contribution in [3.8, 4) is 17.2 Å². The summed E-state index contributed by atoms with van der Waals surface area (Å²) in [5.41, 5.74) is 2.82. The number of benzene rings is 4. The Hall–Kier alpha value is -6.35. The fourth-order valence-electron chi connectivity index (χ4n) is 10.0. The van der Waals surface area contributed by atoms with Crippen LogP contribution in [0.25, 0.3) is 12.2 Å². The van der Waals surface area contributed by atoms with Crippen LogP contribution in [0.2, 0.25) is 15.1 Å². The number of aromatic hydroxyl groups is 1. The Morgan fingerprint density at radius 3 is 2.23 bits per heavy atom. The van der Waals surface area contributed by atoms with Crippen molar-refractivity contribution in [3.05, 3.63) is 152 Å². The predicted molar refractivity (Wildman–Crippen MR) is 237 cm³/mol. The minimum atomic E-state index is -4.77. The van der Waals surface area contributed by atoms with E-state index in [4.69, 9.17) is 44.3 Å². The van der Waals surface area contributed by atoms with Crippen molar-refractivity contribution in [2.75, 3.05) is 24.5 Å². The number of ether oxygens (including phenoxy) is 2. The first-order valence-corrected chi connectivity index (χ1v) is 21.4. The monoisotopic (exact) mass is 942 g/mol. The third kappa shape index (κ3) is 7.28. The van der Waals surface area contributed by atoms with Crippen LogP contribution >= 0.6 is 34.8 Å². The van der Waals surface area contributed by atoms with Gasteiger partial charge in [-0.2, -0.15) is 18.2 Å². The molecule has 2 aliphatic heterocycles. The molecule has 2 saturated heterocycles. The molecule has 6 unspecified atom stereocenters. The van der Waals surface area contributed by atoms with Gasteiger partial charge in [0, 0.05) is 27.7 Å². The predicted octanol–water partition coefficient (Wildman–Crippen LogP) is 10.1. The van der Waals surface area contributed by atoms with Crippen molar-refractivity contribution >= 4 is 82.1 Å². The first kappa shape index (κ1) is 43.9. The number of pyridine rings is 1. The van der Waals surface area contributed by atoms with E-state index < -0.39 is 81.2 Å². The molecular weight excluding hydrogens is 908 g/mol. The molecule has 0 bridgehead atoms. The number of halogens is 6. The molecule has 2 aliphatic carbocycles. The van der Waals surface area contributed by atoms with Crippen molar-refractivity contribution in [1.29, 1.82) is 0 Å². The number of amides is 4. The molecule has 6 atom stereocenters. The van der Waals surface area contributed by atoms with Crippen molar-refractivity contribution in [2.24, 2.45) is 23.7 Å². The van der Waals surface area contributed by atoms with Gasteiger partial charge in [0.15, 0.2) is 5.82 Å². The highest BCUT2D eigenvalue weighted by Crippen LogP contribution is 2.65. The molecule has 1 aromatic heterocycles. The van der Waals surface area contributed by atoms with E-state index in [1.807, 2.05) is 24.3 Å². The number of nitrogens with zero attached hydrogens (tertiary/aromatic N) is 3. The Bertz CT molecular complexity index is 2860. The van der Waals surface area contributed by atoms with Crippen LogP contribution in [0.1, 0.15) is 46.6 Å². The highest BCUT2D eigenvalue weighted by atomic mass is 35.5. The number of anilines is 2. The number of phenolic OH excluding ortho intramolecular Hbond substituents is 1. The molecule has 0 spiro atoms. The van der Waals surface area contributed by atoms with Gasteiger partial charge in [0.1, 0.15) is 17.2 Å². The van der Waals surface area contributed by atoms with Gasteiger partial charge < -0.3 is 14.6 Å². The number of phenols is 1. The van der Waals surface area contributed by atoms with Gasteiger partial charge in [-0.05, 0) is 96.1 Å². The van der Waals surface area contributed by atoms with Crippen LogP contribution in [0.5, 0.6) is 17.2 Å². The summed E-state index contributed by atoms with van der Waals surface area (Å²) in [7, 11) is 3.14. The molecule has 65 heavy (non-hydrogen) atoms. The van der Waals surface area contributed by atoms with E-state index in [-0.39, 0.29) is 23.6 Å². The molecule has 5 aromatic rings. The quantitative estimate of drug-likeness (QED) is 0.0840. The number of carbonyl (C=O) groups excluding carboxylic acids is 4. The lowest BCUT2D eigenvalue weighted by Gasteiger charge is -2.50. The van der Waals surface area contributed by atoms with E-state index in [2.05, 4.69) is 10.4 Å². The largest absolute Gasteiger partial charge is 0.508 e. The molecular formula is C48H36Cl3F3N4O7. The number of fused-ring (bicyclic) bond motifs is 4. The van der Waals surface area contributed by atoms with Crippen LogP contribution in [0.15, 0.2) is 109 Å². The first-order chi connectivity index (χ1) is 31.1. The number of nitrogens with one attached hydrogen (secondary N) is 1. The van der Waals surface area contributed by atoms with Crippen LogP contribution in [0, 0.1) is 23.7 Å². The van der Waals surface area contributed by atoms with E-state index in [0.717, 1.165) is 11.1 Å². The SMILES string of the molecule is COc1ccc(OC)c(C=Cc2ccc(N3C(=O)C4CC=C5C(CC6C(=O)N(Nc7ncc(C(F)(F)F)cc7Cl)C(=O)C6(c6ccc(Cl)cc6)C5c5ccc(O)cc5Cl)C4C3=O)cc2)c1. The summed E-state index contributed by atoms with van der Waals surface area (Å²) in [5.74, 6) is -6.65. The van der Waals surface area contributed by atoms with Gasteiger partial charge in [0.05, 0.1) is 53.7 Å². The third-order valence-corrected chi connectivity index (χ3v) is 13.8. The van der Waals surface area contributed by atoms with E-state index >= 15 is 4.79 Å². The van der Waals surface area contributed by atoms with Crippen molar-refractivity contribution in [1.82, 2.24) is 9.99 Å². The van der Waals surface area contributed by atoms with Gasteiger partial charge in [-0.15, -0.1) is 0 Å². The van der Waals surface area contributed by atoms with Crippen LogP contribution in [-0.2, 0) is 30.8 Å². The number of allylic oxidation sites excluding steroid dienone is 2. The molecule has 1 saturated carbocycles. The van der Waals surface area contributed by atoms with Crippen molar-refractivity contribution in [2.45, 2.75) is 30.4 Å². The molecule has 9 rings (SSSR count).